The fourth-order valence-corrected chi connectivity index (χ4v) is 6.28. The number of allylic oxidation sites excluding steroid dienone is 1. The number of hydrogen-bond donors (Lipinski definition) is 1. The van der Waals surface area contributed by atoms with E-state index in [0.717, 1.165) is 41.0 Å². The number of methoxy groups -OCH3 is 3. The molecule has 0 amide bonds. The fraction of sp³-hybridized carbons (Fsp3) is 0.200. The van der Waals surface area contributed by atoms with E-state index in [1.807, 2.05) is 30.3 Å². The quantitative estimate of drug-likeness (QED) is 0.424. The van der Waals surface area contributed by atoms with E-state index in [0.29, 0.717) is 14.9 Å². The SMILES string of the molecule is COc1cccc([C@H]2C3=C(N=c4s/c(=C\c5cc(OC)c(O)c(OC)c5)c(=O)n42)c2ccccc2CC3)c1. The van der Waals surface area contributed by atoms with Crippen molar-refractivity contribution in [3.05, 3.63) is 108 Å². The molecule has 7 nitrogen and oxygen atoms in total. The maximum absolute atomic E-state index is 14.0. The summed E-state index contributed by atoms with van der Waals surface area (Å²) < 4.78 is 18.5. The first kappa shape index (κ1) is 24.1. The average molecular weight is 527 g/mol. The van der Waals surface area contributed by atoms with Crippen molar-refractivity contribution in [1.82, 2.24) is 4.57 Å². The highest BCUT2D eigenvalue weighted by atomic mass is 32.1. The second kappa shape index (κ2) is 9.54. The average Bonchev–Trinajstić information content (AvgIpc) is 3.26. The molecule has 0 spiro atoms. The summed E-state index contributed by atoms with van der Waals surface area (Å²) in [4.78, 5) is 19.7. The van der Waals surface area contributed by atoms with Gasteiger partial charge in [0.25, 0.3) is 5.56 Å². The summed E-state index contributed by atoms with van der Waals surface area (Å²) in [5.41, 5.74) is 5.98. The standard InChI is InChI=1S/C30H26N2O5S/c1-35-20-9-6-8-19(16-20)27-22-12-11-18-7-4-5-10-21(18)26(22)31-30-32(27)29(34)25(38-30)15-17-13-23(36-2)28(33)24(14-17)37-3/h4-10,13-16,27,33H,11-12H2,1-3H3/b25-15-/t27-/m0/s1. The summed E-state index contributed by atoms with van der Waals surface area (Å²) >= 11 is 1.35. The van der Waals surface area contributed by atoms with Crippen LogP contribution in [0.5, 0.6) is 23.0 Å². The van der Waals surface area contributed by atoms with E-state index < -0.39 is 0 Å². The van der Waals surface area contributed by atoms with Gasteiger partial charge < -0.3 is 19.3 Å². The zero-order valence-corrected chi connectivity index (χ0v) is 22.0. The van der Waals surface area contributed by atoms with Gasteiger partial charge in [0.05, 0.1) is 37.6 Å². The van der Waals surface area contributed by atoms with Crippen LogP contribution >= 0.6 is 11.3 Å². The number of aromatic nitrogens is 1. The van der Waals surface area contributed by atoms with Crippen molar-refractivity contribution < 1.29 is 19.3 Å². The van der Waals surface area contributed by atoms with Crippen molar-refractivity contribution in [2.75, 3.05) is 21.3 Å². The van der Waals surface area contributed by atoms with Gasteiger partial charge in [0, 0.05) is 5.56 Å². The predicted octanol–water partition coefficient (Wildman–Crippen LogP) is 4.05. The van der Waals surface area contributed by atoms with E-state index in [4.69, 9.17) is 19.2 Å². The summed E-state index contributed by atoms with van der Waals surface area (Å²) in [5, 5.41) is 10.3. The van der Waals surface area contributed by atoms with E-state index in [2.05, 4.69) is 18.2 Å². The largest absolute Gasteiger partial charge is 0.502 e. The molecule has 0 bridgehead atoms. The van der Waals surface area contributed by atoms with Crippen LogP contribution < -0.4 is 29.1 Å². The van der Waals surface area contributed by atoms with Crippen LogP contribution in [-0.4, -0.2) is 31.0 Å². The minimum Gasteiger partial charge on any atom is -0.502 e. The number of hydrogen-bond acceptors (Lipinski definition) is 7. The van der Waals surface area contributed by atoms with Gasteiger partial charge in [0.15, 0.2) is 16.3 Å². The van der Waals surface area contributed by atoms with Crippen LogP contribution in [0.3, 0.4) is 0 Å². The van der Waals surface area contributed by atoms with Crippen LogP contribution in [0.2, 0.25) is 0 Å². The molecule has 0 saturated heterocycles. The lowest BCUT2D eigenvalue weighted by Crippen LogP contribution is -2.38. The highest BCUT2D eigenvalue weighted by Gasteiger charge is 2.32. The van der Waals surface area contributed by atoms with E-state index in [1.165, 1.54) is 31.1 Å². The molecule has 6 rings (SSSR count). The summed E-state index contributed by atoms with van der Waals surface area (Å²) in [5.74, 6) is 1.19. The molecule has 1 aliphatic carbocycles. The molecule has 0 radical (unpaired) electrons. The van der Waals surface area contributed by atoms with Crippen molar-refractivity contribution in [1.29, 1.82) is 0 Å². The topological polar surface area (TPSA) is 82.3 Å². The highest BCUT2D eigenvalue weighted by molar-refractivity contribution is 7.07. The molecular formula is C30H26N2O5S. The molecule has 8 heteroatoms. The Labute approximate surface area is 223 Å². The van der Waals surface area contributed by atoms with Crippen molar-refractivity contribution in [3.8, 4) is 23.0 Å². The lowest BCUT2D eigenvalue weighted by Gasteiger charge is -2.31. The van der Waals surface area contributed by atoms with Gasteiger partial charge in [0.1, 0.15) is 5.75 Å². The van der Waals surface area contributed by atoms with Gasteiger partial charge >= 0.3 is 0 Å². The van der Waals surface area contributed by atoms with Gasteiger partial charge in [-0.1, -0.05) is 47.7 Å². The van der Waals surface area contributed by atoms with Crippen molar-refractivity contribution in [2.45, 2.75) is 18.9 Å². The second-order valence-electron chi connectivity index (χ2n) is 9.16. The Kier molecular flexibility index (Phi) is 6.04. The number of aromatic hydroxyl groups is 1. The third-order valence-electron chi connectivity index (χ3n) is 7.08. The summed E-state index contributed by atoms with van der Waals surface area (Å²) in [6.45, 7) is 0. The summed E-state index contributed by atoms with van der Waals surface area (Å²) in [6.07, 6.45) is 3.49. The summed E-state index contributed by atoms with van der Waals surface area (Å²) in [6, 6.07) is 19.3. The Morgan fingerprint density at radius 3 is 2.47 bits per heavy atom. The number of fused-ring (bicyclic) bond motifs is 3. The number of benzene rings is 3. The van der Waals surface area contributed by atoms with Gasteiger partial charge in [-0.3, -0.25) is 9.36 Å². The zero-order valence-electron chi connectivity index (χ0n) is 21.2. The van der Waals surface area contributed by atoms with Gasteiger partial charge in [-0.25, -0.2) is 4.99 Å². The van der Waals surface area contributed by atoms with Crippen LogP contribution in [0, 0.1) is 0 Å². The van der Waals surface area contributed by atoms with Gasteiger partial charge in [-0.2, -0.15) is 0 Å². The fourth-order valence-electron chi connectivity index (χ4n) is 5.28. The number of ether oxygens (including phenoxy) is 3. The predicted molar refractivity (Wildman–Crippen MR) is 147 cm³/mol. The van der Waals surface area contributed by atoms with Crippen LogP contribution in [0.4, 0.5) is 0 Å². The molecule has 0 saturated carbocycles. The monoisotopic (exact) mass is 526 g/mol. The van der Waals surface area contributed by atoms with E-state index >= 15 is 0 Å². The van der Waals surface area contributed by atoms with E-state index in [9.17, 15) is 9.90 Å². The Morgan fingerprint density at radius 1 is 0.974 bits per heavy atom. The van der Waals surface area contributed by atoms with Gasteiger partial charge in [-0.15, -0.1) is 0 Å². The number of phenolic OH excluding ortho intramolecular Hbond substituents is 1. The molecule has 0 fully saturated rings. The molecule has 2 aliphatic rings. The zero-order chi connectivity index (χ0) is 26.4. The van der Waals surface area contributed by atoms with E-state index in [-0.39, 0.29) is 28.8 Å². The van der Waals surface area contributed by atoms with Gasteiger partial charge in [0.2, 0.25) is 5.75 Å². The first-order valence-corrected chi connectivity index (χ1v) is 13.1. The molecule has 1 N–H and O–H groups in total. The number of rotatable bonds is 5. The molecular weight excluding hydrogens is 500 g/mol. The third kappa shape index (κ3) is 3.88. The van der Waals surface area contributed by atoms with Crippen molar-refractivity contribution >= 4 is 23.1 Å². The molecule has 0 unspecified atom stereocenters. The molecule has 38 heavy (non-hydrogen) atoms. The van der Waals surface area contributed by atoms with Crippen molar-refractivity contribution in [2.24, 2.45) is 4.99 Å². The van der Waals surface area contributed by atoms with Crippen LogP contribution in [0.25, 0.3) is 11.8 Å². The smallest absolute Gasteiger partial charge is 0.271 e. The number of phenols is 1. The lowest BCUT2D eigenvalue weighted by molar-refractivity contribution is 0.340. The third-order valence-corrected chi connectivity index (χ3v) is 8.07. The van der Waals surface area contributed by atoms with Crippen LogP contribution in [0.1, 0.15) is 34.7 Å². The maximum atomic E-state index is 14.0. The molecule has 2 heterocycles. The molecule has 4 aromatic rings. The molecule has 3 aromatic carbocycles. The molecule has 192 valence electrons. The first-order valence-electron chi connectivity index (χ1n) is 12.2. The summed E-state index contributed by atoms with van der Waals surface area (Å²) in [7, 11) is 4.59. The number of thiazole rings is 1. The molecule has 1 aromatic heterocycles. The van der Waals surface area contributed by atoms with E-state index in [1.54, 1.807) is 29.9 Å². The normalized spacial score (nSPS) is 16.3. The van der Waals surface area contributed by atoms with Crippen molar-refractivity contribution in [3.63, 3.8) is 0 Å². The second-order valence-corrected chi connectivity index (χ2v) is 10.2. The Hall–Kier alpha value is -4.30. The number of nitrogens with zero attached hydrogens (tertiary/aromatic N) is 2. The Balaban J connectivity index is 1.61. The first-order chi connectivity index (χ1) is 18.5. The Bertz CT molecular complexity index is 1760. The number of aryl methyl sites for hydroxylation is 1. The Morgan fingerprint density at radius 2 is 1.74 bits per heavy atom. The molecule has 1 aliphatic heterocycles. The lowest BCUT2D eigenvalue weighted by atomic mass is 9.83. The highest BCUT2D eigenvalue weighted by Crippen LogP contribution is 2.42. The van der Waals surface area contributed by atoms with Gasteiger partial charge in [-0.05, 0) is 65.4 Å². The maximum Gasteiger partial charge on any atom is 0.271 e. The minimum atomic E-state index is -0.296. The minimum absolute atomic E-state index is 0.0852. The molecule has 1 atom stereocenters. The van der Waals surface area contributed by atoms with Crippen LogP contribution in [-0.2, 0) is 6.42 Å². The van der Waals surface area contributed by atoms with Crippen LogP contribution in [0.15, 0.2) is 76.0 Å².